The molecule has 2 aromatic heterocycles. The van der Waals surface area contributed by atoms with Crippen molar-refractivity contribution in [2.45, 2.75) is 77.6 Å². The van der Waals surface area contributed by atoms with Crippen molar-refractivity contribution in [2.24, 2.45) is 4.99 Å². The van der Waals surface area contributed by atoms with E-state index in [0.29, 0.717) is 0 Å². The van der Waals surface area contributed by atoms with Gasteiger partial charge in [0.15, 0.2) is 0 Å². The fourth-order valence-corrected chi connectivity index (χ4v) is 3.95. The van der Waals surface area contributed by atoms with Gasteiger partial charge in [0.2, 0.25) is 0 Å². The molecular weight excluding hydrogens is 370 g/mol. The van der Waals surface area contributed by atoms with Crippen LogP contribution in [0.5, 0.6) is 0 Å². The summed E-state index contributed by atoms with van der Waals surface area (Å²) in [5.74, 6) is 0.797. The van der Waals surface area contributed by atoms with Crippen LogP contribution in [0.4, 0.5) is 0 Å². The van der Waals surface area contributed by atoms with Crippen molar-refractivity contribution in [1.82, 2.24) is 9.97 Å². The predicted octanol–water partition coefficient (Wildman–Crippen LogP) is 7.18. The molecule has 1 aliphatic heterocycles. The Kier molecular flexibility index (Phi) is 9.07. The Morgan fingerprint density at radius 2 is 1.67 bits per heavy atom. The summed E-state index contributed by atoms with van der Waals surface area (Å²) in [6, 6.07) is 8.32. The normalized spacial score (nSPS) is 14.9. The van der Waals surface area contributed by atoms with E-state index in [9.17, 15) is 0 Å². The molecule has 0 spiro atoms. The molecule has 3 heterocycles. The molecule has 2 N–H and O–H groups in total. The first-order valence-corrected chi connectivity index (χ1v) is 11.7. The molecule has 0 amide bonds. The highest BCUT2D eigenvalue weighted by Crippen LogP contribution is 2.24. The molecule has 0 radical (unpaired) electrons. The number of aromatic nitrogens is 2. The zero-order chi connectivity index (χ0) is 21.0. The van der Waals surface area contributed by atoms with Gasteiger partial charge in [-0.15, -0.1) is 0 Å². The van der Waals surface area contributed by atoms with Crippen LogP contribution in [0.25, 0.3) is 6.08 Å². The molecule has 0 saturated heterocycles. The molecule has 2 aromatic rings. The molecule has 4 heteroatoms. The standard InChI is InChI=1S/C26H37N3O/c1-3-4-5-6-7-8-9-10-11-12-14-21-16-17-22(28-21)19-25-26(30-2)20-24(29-25)23-15-13-18-27-23/h13,15-20,27-28H,3-12,14H2,1-2H3/b25-19-. The lowest BCUT2D eigenvalue weighted by Gasteiger charge is -2.02. The summed E-state index contributed by atoms with van der Waals surface area (Å²) in [7, 11) is 1.69. The number of aliphatic imine (C=N–C) groups is 1. The second-order valence-corrected chi connectivity index (χ2v) is 8.19. The van der Waals surface area contributed by atoms with Crippen LogP contribution in [0.1, 0.15) is 88.2 Å². The monoisotopic (exact) mass is 407 g/mol. The number of rotatable bonds is 14. The van der Waals surface area contributed by atoms with Gasteiger partial charge in [0.25, 0.3) is 0 Å². The van der Waals surface area contributed by atoms with Crippen LogP contribution in [-0.2, 0) is 11.2 Å². The van der Waals surface area contributed by atoms with Crippen LogP contribution in [0, 0.1) is 0 Å². The summed E-state index contributed by atoms with van der Waals surface area (Å²) in [6.45, 7) is 2.28. The van der Waals surface area contributed by atoms with E-state index in [1.807, 2.05) is 24.4 Å². The number of allylic oxidation sites excluding steroid dienone is 1. The van der Waals surface area contributed by atoms with Crippen molar-refractivity contribution < 1.29 is 4.74 Å². The first kappa shape index (κ1) is 22.2. The second-order valence-electron chi connectivity index (χ2n) is 8.19. The fourth-order valence-electron chi connectivity index (χ4n) is 3.95. The van der Waals surface area contributed by atoms with Gasteiger partial charge in [-0.3, -0.25) is 0 Å². The Balaban J connectivity index is 1.40. The molecule has 0 unspecified atom stereocenters. The number of hydrogen-bond acceptors (Lipinski definition) is 2. The minimum absolute atomic E-state index is 0.797. The topological polar surface area (TPSA) is 53.2 Å². The molecule has 0 aromatic carbocycles. The van der Waals surface area contributed by atoms with Crippen LogP contribution in [0.2, 0.25) is 0 Å². The highest BCUT2D eigenvalue weighted by molar-refractivity contribution is 6.11. The third-order valence-electron chi connectivity index (χ3n) is 5.72. The van der Waals surface area contributed by atoms with Crippen molar-refractivity contribution in [3.05, 3.63) is 65.1 Å². The molecule has 0 saturated carbocycles. The minimum Gasteiger partial charge on any atom is -0.494 e. The quantitative estimate of drug-likeness (QED) is 0.320. The van der Waals surface area contributed by atoms with E-state index in [1.54, 1.807) is 7.11 Å². The first-order valence-electron chi connectivity index (χ1n) is 11.7. The maximum atomic E-state index is 5.52. The van der Waals surface area contributed by atoms with Crippen LogP contribution < -0.4 is 0 Å². The molecular formula is C26H37N3O. The van der Waals surface area contributed by atoms with Crippen molar-refractivity contribution in [3.63, 3.8) is 0 Å². The smallest absolute Gasteiger partial charge is 0.146 e. The molecule has 1 aliphatic rings. The van der Waals surface area contributed by atoms with Gasteiger partial charge in [-0.2, -0.15) is 0 Å². The number of methoxy groups -OCH3 is 1. The summed E-state index contributed by atoms with van der Waals surface area (Å²) in [4.78, 5) is 11.5. The maximum absolute atomic E-state index is 5.52. The third kappa shape index (κ3) is 6.79. The zero-order valence-electron chi connectivity index (χ0n) is 18.7. The summed E-state index contributed by atoms with van der Waals surface area (Å²) in [6.07, 6.45) is 20.8. The summed E-state index contributed by atoms with van der Waals surface area (Å²) < 4.78 is 5.52. The van der Waals surface area contributed by atoms with Gasteiger partial charge >= 0.3 is 0 Å². The maximum Gasteiger partial charge on any atom is 0.146 e. The summed E-state index contributed by atoms with van der Waals surface area (Å²) in [5.41, 5.74) is 5.14. The van der Waals surface area contributed by atoms with Crippen molar-refractivity contribution in [2.75, 3.05) is 7.11 Å². The number of aryl methyl sites for hydroxylation is 1. The predicted molar refractivity (Wildman–Crippen MR) is 127 cm³/mol. The lowest BCUT2D eigenvalue weighted by molar-refractivity contribution is 0.303. The van der Waals surface area contributed by atoms with Gasteiger partial charge in [-0.25, -0.2) is 4.99 Å². The van der Waals surface area contributed by atoms with Gasteiger partial charge in [-0.1, -0.05) is 64.7 Å². The van der Waals surface area contributed by atoms with Crippen LogP contribution in [-0.4, -0.2) is 22.8 Å². The van der Waals surface area contributed by atoms with E-state index in [1.165, 1.54) is 69.9 Å². The molecule has 162 valence electrons. The molecule has 0 bridgehead atoms. The van der Waals surface area contributed by atoms with Crippen LogP contribution >= 0.6 is 0 Å². The lowest BCUT2D eigenvalue weighted by atomic mass is 10.1. The minimum atomic E-state index is 0.797. The van der Waals surface area contributed by atoms with E-state index in [4.69, 9.17) is 9.73 Å². The zero-order valence-corrected chi connectivity index (χ0v) is 18.7. The largest absolute Gasteiger partial charge is 0.494 e. The Bertz CT molecular complexity index is 840. The number of hydrogen-bond donors (Lipinski definition) is 2. The van der Waals surface area contributed by atoms with Crippen molar-refractivity contribution >= 4 is 11.8 Å². The molecule has 0 aliphatic carbocycles. The van der Waals surface area contributed by atoms with Gasteiger partial charge in [-0.05, 0) is 43.2 Å². The Labute approximate surface area is 181 Å². The SMILES string of the molecule is CCCCCCCCCCCCc1ccc(/C=C2\N=C(c3ccc[nH]3)C=C2OC)[nH]1. The lowest BCUT2D eigenvalue weighted by Crippen LogP contribution is -1.93. The van der Waals surface area contributed by atoms with E-state index in [0.717, 1.165) is 35.0 Å². The van der Waals surface area contributed by atoms with Crippen molar-refractivity contribution in [3.8, 4) is 0 Å². The second kappa shape index (κ2) is 12.3. The highest BCUT2D eigenvalue weighted by Gasteiger charge is 2.17. The number of nitrogens with one attached hydrogen (secondary N) is 2. The molecule has 0 atom stereocenters. The Morgan fingerprint density at radius 3 is 2.33 bits per heavy atom. The van der Waals surface area contributed by atoms with Gasteiger partial charge in [0, 0.05) is 23.7 Å². The summed E-state index contributed by atoms with van der Waals surface area (Å²) >= 11 is 0. The fraction of sp³-hybridized carbons (Fsp3) is 0.500. The number of nitrogens with zero attached hydrogens (tertiary/aromatic N) is 1. The van der Waals surface area contributed by atoms with E-state index >= 15 is 0 Å². The van der Waals surface area contributed by atoms with E-state index in [2.05, 4.69) is 35.1 Å². The highest BCUT2D eigenvalue weighted by atomic mass is 16.5. The molecule has 3 rings (SSSR count). The van der Waals surface area contributed by atoms with E-state index < -0.39 is 0 Å². The van der Waals surface area contributed by atoms with Gasteiger partial charge < -0.3 is 14.7 Å². The number of ether oxygens (including phenoxy) is 1. The van der Waals surface area contributed by atoms with E-state index in [-0.39, 0.29) is 0 Å². The van der Waals surface area contributed by atoms with Crippen LogP contribution in [0.3, 0.4) is 0 Å². The average molecular weight is 408 g/mol. The average Bonchev–Trinajstić information content (AvgIpc) is 3.50. The number of unbranched alkanes of at least 4 members (excludes halogenated alkanes) is 9. The Morgan fingerprint density at radius 1 is 0.933 bits per heavy atom. The molecule has 30 heavy (non-hydrogen) atoms. The number of H-pyrrole nitrogens is 2. The van der Waals surface area contributed by atoms with Gasteiger partial charge in [0.05, 0.1) is 18.5 Å². The third-order valence-corrected chi connectivity index (χ3v) is 5.72. The first-order chi connectivity index (χ1) is 14.8. The van der Waals surface area contributed by atoms with Gasteiger partial charge in [0.1, 0.15) is 11.5 Å². The summed E-state index contributed by atoms with van der Waals surface area (Å²) in [5, 5.41) is 0. The van der Waals surface area contributed by atoms with Crippen molar-refractivity contribution in [1.29, 1.82) is 0 Å². The Hall–Kier alpha value is -2.49. The molecule has 0 fully saturated rings. The molecule has 4 nitrogen and oxygen atoms in total. The van der Waals surface area contributed by atoms with Crippen LogP contribution in [0.15, 0.2) is 53.0 Å². The number of aromatic amines is 2.